The zero-order valence-electron chi connectivity index (χ0n) is 48.2. The van der Waals surface area contributed by atoms with Crippen LogP contribution in [0.4, 0.5) is 0 Å². The molecular weight excluding hydrogens is 887 g/mol. The minimum atomic E-state index is -1.30. The summed E-state index contributed by atoms with van der Waals surface area (Å²) in [6, 6.07) is -1.01. The van der Waals surface area contributed by atoms with Crippen LogP contribution < -0.4 is 5.32 Å². The van der Waals surface area contributed by atoms with Gasteiger partial charge in [-0.1, -0.05) is 294 Å². The Morgan fingerprint density at radius 3 is 0.875 bits per heavy atom. The van der Waals surface area contributed by atoms with Gasteiger partial charge in [-0.2, -0.15) is 0 Å². The molecule has 0 saturated heterocycles. The molecule has 4 unspecified atom stereocenters. The molecule has 0 aromatic rings. The van der Waals surface area contributed by atoms with Gasteiger partial charge in [0.15, 0.2) is 0 Å². The molecule has 1 amide bonds. The van der Waals surface area contributed by atoms with Gasteiger partial charge in [0.1, 0.15) is 12.2 Å². The van der Waals surface area contributed by atoms with Crippen LogP contribution in [0.3, 0.4) is 0 Å². The molecule has 0 rings (SSSR count). The second-order valence-corrected chi connectivity index (χ2v) is 22.1. The summed E-state index contributed by atoms with van der Waals surface area (Å²) >= 11 is 0. The van der Waals surface area contributed by atoms with Crippen LogP contribution in [-0.4, -0.2) is 57.3 Å². The number of unbranched alkanes of at least 4 members (excludes halogenated alkanes) is 42. The summed E-state index contributed by atoms with van der Waals surface area (Å²) in [6.45, 7) is 4.08. The van der Waals surface area contributed by atoms with E-state index in [2.05, 4.69) is 67.8 Å². The predicted octanol–water partition coefficient (Wildman–Crippen LogP) is 19.3. The largest absolute Gasteiger partial charge is 0.394 e. The highest BCUT2D eigenvalue weighted by atomic mass is 16.3. The number of amides is 1. The molecule has 0 fully saturated rings. The molecule has 0 bridgehead atoms. The molecule has 0 spiro atoms. The highest BCUT2D eigenvalue weighted by Crippen LogP contribution is 2.18. The molecule has 0 radical (unpaired) electrons. The second kappa shape index (κ2) is 60.1. The fourth-order valence-corrected chi connectivity index (χ4v) is 9.96. The van der Waals surface area contributed by atoms with Gasteiger partial charge in [-0.3, -0.25) is 4.79 Å². The Balaban J connectivity index is 3.66. The van der Waals surface area contributed by atoms with E-state index >= 15 is 0 Å². The smallest absolute Gasteiger partial charge is 0.249 e. The lowest BCUT2D eigenvalue weighted by Gasteiger charge is -2.27. The molecule has 0 aliphatic heterocycles. The van der Waals surface area contributed by atoms with Gasteiger partial charge in [0, 0.05) is 0 Å². The highest BCUT2D eigenvalue weighted by molar-refractivity contribution is 5.80. The SMILES string of the molecule is CCCCCCCCCCCCCC/C=C\CCCCCCCCCCCCCC(O)C(=O)NC(CO)C(O)C(O)CCC/C=C/CC/C=C/CC/C=C/CCCCCCCCCCCCCCCCCC. The van der Waals surface area contributed by atoms with Gasteiger partial charge in [-0.15, -0.1) is 0 Å². The molecular formula is C66H125NO5. The Kier molecular flexibility index (Phi) is 58.7. The van der Waals surface area contributed by atoms with Crippen LogP contribution >= 0.6 is 0 Å². The molecule has 0 aliphatic carbocycles. The number of allylic oxidation sites excluding steroid dienone is 8. The van der Waals surface area contributed by atoms with E-state index in [0.29, 0.717) is 19.3 Å². The van der Waals surface area contributed by atoms with Crippen molar-refractivity contribution in [2.75, 3.05) is 6.61 Å². The third-order valence-corrected chi connectivity index (χ3v) is 15.0. The molecule has 424 valence electrons. The van der Waals surface area contributed by atoms with Crippen LogP contribution in [0.25, 0.3) is 0 Å². The molecule has 0 aliphatic rings. The van der Waals surface area contributed by atoms with Crippen molar-refractivity contribution in [3.8, 4) is 0 Å². The summed E-state index contributed by atoms with van der Waals surface area (Å²) in [4.78, 5) is 12.6. The lowest BCUT2D eigenvalue weighted by molar-refractivity contribution is -0.132. The quantitative estimate of drug-likeness (QED) is 0.0308. The van der Waals surface area contributed by atoms with Crippen LogP contribution in [0.15, 0.2) is 48.6 Å². The van der Waals surface area contributed by atoms with E-state index in [1.807, 2.05) is 0 Å². The third kappa shape index (κ3) is 53.1. The van der Waals surface area contributed by atoms with Crippen LogP contribution in [0, 0.1) is 0 Å². The summed E-state index contributed by atoms with van der Waals surface area (Å²) in [6.07, 6.45) is 77.8. The maximum Gasteiger partial charge on any atom is 0.249 e. The van der Waals surface area contributed by atoms with Gasteiger partial charge in [-0.05, 0) is 89.9 Å². The van der Waals surface area contributed by atoms with Gasteiger partial charge in [0.25, 0.3) is 0 Å². The van der Waals surface area contributed by atoms with Gasteiger partial charge in [0.2, 0.25) is 5.91 Å². The van der Waals surface area contributed by atoms with Crippen molar-refractivity contribution < 1.29 is 25.2 Å². The fraction of sp³-hybridized carbons (Fsp3) is 0.864. The number of carbonyl (C=O) groups is 1. The van der Waals surface area contributed by atoms with Crippen LogP contribution in [-0.2, 0) is 4.79 Å². The molecule has 0 heterocycles. The maximum absolute atomic E-state index is 12.6. The average molecular weight is 1010 g/mol. The number of carbonyl (C=O) groups excluding carboxylic acids is 1. The monoisotopic (exact) mass is 1010 g/mol. The summed E-state index contributed by atoms with van der Waals surface area (Å²) in [7, 11) is 0. The summed E-state index contributed by atoms with van der Waals surface area (Å²) < 4.78 is 0. The van der Waals surface area contributed by atoms with Crippen LogP contribution in [0.5, 0.6) is 0 Å². The summed E-state index contributed by atoms with van der Waals surface area (Å²) in [5, 5.41) is 44.1. The van der Waals surface area contributed by atoms with Crippen molar-refractivity contribution in [2.24, 2.45) is 0 Å². The zero-order valence-corrected chi connectivity index (χ0v) is 48.2. The van der Waals surface area contributed by atoms with Crippen molar-refractivity contribution >= 4 is 5.91 Å². The Morgan fingerprint density at radius 2 is 0.583 bits per heavy atom. The van der Waals surface area contributed by atoms with Crippen molar-refractivity contribution in [1.29, 1.82) is 0 Å². The maximum atomic E-state index is 12.6. The van der Waals surface area contributed by atoms with E-state index in [9.17, 15) is 25.2 Å². The lowest BCUT2D eigenvalue weighted by atomic mass is 10.00. The van der Waals surface area contributed by atoms with Gasteiger partial charge in [0.05, 0.1) is 18.8 Å². The van der Waals surface area contributed by atoms with Gasteiger partial charge < -0.3 is 25.7 Å². The van der Waals surface area contributed by atoms with Crippen molar-refractivity contribution in [1.82, 2.24) is 5.32 Å². The predicted molar refractivity (Wildman–Crippen MR) is 316 cm³/mol. The number of nitrogens with one attached hydrogen (secondary N) is 1. The van der Waals surface area contributed by atoms with Crippen molar-refractivity contribution in [3.05, 3.63) is 48.6 Å². The Hall–Kier alpha value is -1.73. The molecule has 0 aromatic carbocycles. The third-order valence-electron chi connectivity index (χ3n) is 15.0. The molecule has 6 nitrogen and oxygen atoms in total. The normalized spacial score (nSPS) is 13.9. The number of hydrogen-bond donors (Lipinski definition) is 5. The minimum Gasteiger partial charge on any atom is -0.394 e. The average Bonchev–Trinajstić information content (AvgIpc) is 3.39. The molecule has 6 heteroatoms. The van der Waals surface area contributed by atoms with Crippen LogP contribution in [0.2, 0.25) is 0 Å². The van der Waals surface area contributed by atoms with Crippen LogP contribution in [0.1, 0.15) is 335 Å². The van der Waals surface area contributed by atoms with Gasteiger partial charge >= 0.3 is 0 Å². The minimum absolute atomic E-state index is 0.357. The van der Waals surface area contributed by atoms with E-state index < -0.39 is 36.9 Å². The van der Waals surface area contributed by atoms with Crippen molar-refractivity contribution in [2.45, 2.75) is 359 Å². The topological polar surface area (TPSA) is 110 Å². The lowest BCUT2D eigenvalue weighted by Crippen LogP contribution is -2.53. The van der Waals surface area contributed by atoms with E-state index in [-0.39, 0.29) is 0 Å². The first-order valence-corrected chi connectivity index (χ1v) is 32.0. The molecule has 4 atom stereocenters. The first-order chi connectivity index (χ1) is 35.5. The van der Waals surface area contributed by atoms with E-state index in [0.717, 1.165) is 51.4 Å². The van der Waals surface area contributed by atoms with E-state index in [4.69, 9.17) is 0 Å². The Bertz CT molecular complexity index is 1180. The Morgan fingerprint density at radius 1 is 0.333 bits per heavy atom. The van der Waals surface area contributed by atoms with Gasteiger partial charge in [-0.25, -0.2) is 0 Å². The number of aliphatic hydroxyl groups is 4. The summed E-state index contributed by atoms with van der Waals surface area (Å²) in [5.74, 6) is -0.597. The number of hydrogen-bond acceptors (Lipinski definition) is 5. The highest BCUT2D eigenvalue weighted by Gasteiger charge is 2.28. The molecule has 72 heavy (non-hydrogen) atoms. The fourth-order valence-electron chi connectivity index (χ4n) is 9.96. The standard InChI is InChI=1S/C66H125NO5/c1-3-5-7-9-11-13-15-17-19-21-23-25-27-29-31-32-34-35-37-39-41-43-45-47-49-51-53-55-57-59-63(69)65(71)62(61-68)67-66(72)64(70)60-58-56-54-52-50-48-46-44-42-40-38-36-33-30-28-26-24-22-20-18-16-14-12-10-8-6-4-2/h30,33,35,37,43,45,51,53,62-65,68-71H,3-29,31-32,34,36,38-42,44,46-50,52,54-61H2,1-2H3,(H,67,72)/b33-30-,37-35+,45-43+,53-51+. The first kappa shape index (κ1) is 70.3. The molecule has 5 N–H and O–H groups in total. The summed E-state index contributed by atoms with van der Waals surface area (Å²) in [5.41, 5.74) is 0. The van der Waals surface area contributed by atoms with Crippen molar-refractivity contribution in [3.63, 3.8) is 0 Å². The van der Waals surface area contributed by atoms with E-state index in [1.165, 1.54) is 250 Å². The first-order valence-electron chi connectivity index (χ1n) is 32.0. The molecule has 0 saturated carbocycles. The number of aliphatic hydroxyl groups excluding tert-OH is 4. The number of rotatable bonds is 59. The second-order valence-electron chi connectivity index (χ2n) is 22.1. The van der Waals surface area contributed by atoms with E-state index in [1.54, 1.807) is 0 Å². The Labute approximate surface area is 449 Å². The zero-order chi connectivity index (χ0) is 52.3. The molecule has 0 aromatic heterocycles.